The lowest BCUT2D eigenvalue weighted by molar-refractivity contribution is -0.108. The second-order valence-corrected chi connectivity index (χ2v) is 9.19. The van der Waals surface area contributed by atoms with Gasteiger partial charge in [-0.15, -0.1) is 23.5 Å². The largest absolute Gasteiger partial charge is 0.396 e. The van der Waals surface area contributed by atoms with Gasteiger partial charge in [0, 0.05) is 27.4 Å². The molecule has 0 aliphatic heterocycles. The van der Waals surface area contributed by atoms with Gasteiger partial charge >= 0.3 is 0 Å². The maximum atomic E-state index is 11.4. The Labute approximate surface area is 126 Å². The van der Waals surface area contributed by atoms with Gasteiger partial charge in [0.25, 0.3) is 0 Å². The first-order valence-corrected chi connectivity index (χ1v) is 11.0. The van der Waals surface area contributed by atoms with E-state index in [2.05, 4.69) is 6.92 Å². The van der Waals surface area contributed by atoms with Crippen LogP contribution in [0.5, 0.6) is 0 Å². The van der Waals surface area contributed by atoms with E-state index in [-0.39, 0.29) is 11.7 Å². The third kappa shape index (κ3) is 15.3. The van der Waals surface area contributed by atoms with Crippen LogP contribution >= 0.6 is 58.8 Å². The van der Waals surface area contributed by atoms with Gasteiger partial charge in [-0.2, -0.15) is 23.5 Å². The fraction of sp³-hybridized carbons (Fsp3) is 0.900. The molecule has 0 bridgehead atoms. The highest BCUT2D eigenvalue weighted by molar-refractivity contribution is 8.23. The molecule has 0 unspecified atom stereocenters. The standard InChI is InChI=1S/C10H20O2S5/c1-2-13-8-16-9-15-7-10(12)17-6-5-14-4-3-11/h11H,2-9H2,1H3. The average Bonchev–Trinajstić information content (AvgIpc) is 2.33. The van der Waals surface area contributed by atoms with Crippen LogP contribution in [-0.2, 0) is 4.79 Å². The van der Waals surface area contributed by atoms with Gasteiger partial charge in [-0.05, 0) is 5.75 Å². The van der Waals surface area contributed by atoms with Crippen molar-refractivity contribution in [1.82, 2.24) is 0 Å². The normalized spacial score (nSPS) is 10.7. The third-order valence-electron chi connectivity index (χ3n) is 1.48. The predicted molar refractivity (Wildman–Crippen MR) is 89.8 cm³/mol. The van der Waals surface area contributed by atoms with Crippen LogP contribution in [0.4, 0.5) is 0 Å². The summed E-state index contributed by atoms with van der Waals surface area (Å²) in [6, 6.07) is 0. The molecule has 0 amide bonds. The topological polar surface area (TPSA) is 37.3 Å². The molecule has 0 atom stereocenters. The number of carbonyl (C=O) groups excluding carboxylic acids is 1. The molecule has 0 heterocycles. The molecule has 0 aromatic heterocycles. The number of hydrogen-bond donors (Lipinski definition) is 1. The average molecular weight is 333 g/mol. The van der Waals surface area contributed by atoms with Crippen LogP contribution in [-0.4, -0.2) is 55.8 Å². The highest BCUT2D eigenvalue weighted by Crippen LogP contribution is 2.19. The third-order valence-corrected chi connectivity index (χ3v) is 7.30. The van der Waals surface area contributed by atoms with Crippen molar-refractivity contribution in [3.63, 3.8) is 0 Å². The minimum atomic E-state index is 0.228. The Morgan fingerprint density at radius 3 is 2.47 bits per heavy atom. The summed E-state index contributed by atoms with van der Waals surface area (Å²) in [5.74, 6) is 4.37. The molecule has 0 aliphatic rings. The fourth-order valence-electron chi connectivity index (χ4n) is 0.783. The van der Waals surface area contributed by atoms with Gasteiger partial charge in [0.15, 0.2) is 5.12 Å². The van der Waals surface area contributed by atoms with Gasteiger partial charge in [-0.3, -0.25) is 4.79 Å². The van der Waals surface area contributed by atoms with E-state index in [0.29, 0.717) is 5.75 Å². The van der Waals surface area contributed by atoms with Crippen molar-refractivity contribution >= 4 is 63.9 Å². The van der Waals surface area contributed by atoms with Crippen LogP contribution in [0.25, 0.3) is 0 Å². The van der Waals surface area contributed by atoms with Crippen LogP contribution in [0.3, 0.4) is 0 Å². The highest BCUT2D eigenvalue weighted by atomic mass is 32.2. The Kier molecular flexibility index (Phi) is 16.7. The Balaban J connectivity index is 3.12. The zero-order valence-corrected chi connectivity index (χ0v) is 14.1. The Hall–Kier alpha value is 1.38. The fourth-order valence-corrected chi connectivity index (χ4v) is 5.73. The number of rotatable bonds is 12. The van der Waals surface area contributed by atoms with E-state index < -0.39 is 0 Å². The molecule has 102 valence electrons. The molecule has 17 heavy (non-hydrogen) atoms. The van der Waals surface area contributed by atoms with Crippen LogP contribution < -0.4 is 0 Å². The molecule has 0 aliphatic carbocycles. The first-order valence-electron chi connectivity index (χ1n) is 5.38. The van der Waals surface area contributed by atoms with E-state index >= 15 is 0 Å². The maximum absolute atomic E-state index is 11.4. The van der Waals surface area contributed by atoms with E-state index in [4.69, 9.17) is 5.11 Å². The Morgan fingerprint density at radius 2 is 1.76 bits per heavy atom. The van der Waals surface area contributed by atoms with Gasteiger partial charge in [0.1, 0.15) is 0 Å². The van der Waals surface area contributed by atoms with Gasteiger partial charge in [-0.1, -0.05) is 18.7 Å². The van der Waals surface area contributed by atoms with Gasteiger partial charge < -0.3 is 5.11 Å². The van der Waals surface area contributed by atoms with Crippen LogP contribution in [0.2, 0.25) is 0 Å². The smallest absolute Gasteiger partial charge is 0.198 e. The SMILES string of the molecule is CCSCSCSCC(=O)SCCSCCO. The molecule has 0 aromatic carbocycles. The van der Waals surface area contributed by atoms with E-state index in [1.165, 1.54) is 11.8 Å². The zero-order valence-electron chi connectivity index (χ0n) is 10.1. The van der Waals surface area contributed by atoms with Crippen LogP contribution in [0.15, 0.2) is 0 Å². The molecule has 0 fully saturated rings. The molecule has 1 N–H and O–H groups in total. The van der Waals surface area contributed by atoms with Crippen molar-refractivity contribution in [2.24, 2.45) is 0 Å². The summed E-state index contributed by atoms with van der Waals surface area (Å²) in [6.07, 6.45) is 0. The number of thioether (sulfide) groups is 5. The molecule has 0 rings (SSSR count). The molecular formula is C10H20O2S5. The highest BCUT2D eigenvalue weighted by Gasteiger charge is 2.02. The van der Waals surface area contributed by atoms with Crippen LogP contribution in [0.1, 0.15) is 6.92 Å². The molecule has 2 nitrogen and oxygen atoms in total. The van der Waals surface area contributed by atoms with Gasteiger partial charge in [0.2, 0.25) is 0 Å². The first kappa shape index (κ1) is 18.4. The zero-order chi connectivity index (χ0) is 12.8. The maximum Gasteiger partial charge on any atom is 0.198 e. The summed E-state index contributed by atoms with van der Waals surface area (Å²) in [5, 5.41) is 11.0. The Bertz CT molecular complexity index is 180. The van der Waals surface area contributed by atoms with Gasteiger partial charge in [-0.25, -0.2) is 0 Å². The lowest BCUT2D eigenvalue weighted by Crippen LogP contribution is -1.99. The summed E-state index contributed by atoms with van der Waals surface area (Å²) in [5.41, 5.74) is 0. The van der Waals surface area contributed by atoms with E-state index in [1.54, 1.807) is 23.5 Å². The summed E-state index contributed by atoms with van der Waals surface area (Å²) in [6.45, 7) is 2.39. The molecule has 0 spiro atoms. The molecule has 0 saturated heterocycles. The minimum absolute atomic E-state index is 0.228. The molecule has 0 radical (unpaired) electrons. The van der Waals surface area contributed by atoms with Crippen molar-refractivity contribution < 1.29 is 9.90 Å². The quantitative estimate of drug-likeness (QED) is 0.435. The first-order chi connectivity index (χ1) is 8.31. The van der Waals surface area contributed by atoms with Crippen molar-refractivity contribution in [3.05, 3.63) is 0 Å². The van der Waals surface area contributed by atoms with Crippen molar-refractivity contribution in [3.8, 4) is 0 Å². The van der Waals surface area contributed by atoms with Gasteiger partial charge in [0.05, 0.1) is 12.4 Å². The second-order valence-electron chi connectivity index (χ2n) is 2.84. The summed E-state index contributed by atoms with van der Waals surface area (Å²) < 4.78 is 0. The molecular weight excluding hydrogens is 312 g/mol. The summed E-state index contributed by atoms with van der Waals surface area (Å²) in [4.78, 5) is 11.4. The molecule has 0 saturated carbocycles. The van der Waals surface area contributed by atoms with E-state index in [1.807, 2.05) is 23.5 Å². The van der Waals surface area contributed by atoms with E-state index in [0.717, 1.165) is 33.2 Å². The number of aliphatic hydroxyl groups is 1. The van der Waals surface area contributed by atoms with E-state index in [9.17, 15) is 4.79 Å². The second kappa shape index (κ2) is 15.4. The van der Waals surface area contributed by atoms with Crippen molar-refractivity contribution in [2.45, 2.75) is 6.92 Å². The monoisotopic (exact) mass is 332 g/mol. The lowest BCUT2D eigenvalue weighted by atomic mass is 10.9. The minimum Gasteiger partial charge on any atom is -0.396 e. The van der Waals surface area contributed by atoms with Crippen LogP contribution in [0, 0.1) is 0 Å². The predicted octanol–water partition coefficient (Wildman–Crippen LogP) is 3.11. The Morgan fingerprint density at radius 1 is 1.00 bits per heavy atom. The lowest BCUT2D eigenvalue weighted by Gasteiger charge is -2.01. The van der Waals surface area contributed by atoms with Crippen molar-refractivity contribution in [1.29, 1.82) is 0 Å². The number of carbonyl (C=O) groups is 1. The summed E-state index contributed by atoms with van der Waals surface area (Å²) in [7, 11) is 0. The number of aliphatic hydroxyl groups excluding tert-OH is 1. The molecule has 0 aromatic rings. The summed E-state index contributed by atoms with van der Waals surface area (Å²) >= 11 is 8.64. The molecule has 7 heteroatoms. The number of hydrogen-bond acceptors (Lipinski definition) is 7. The van der Waals surface area contributed by atoms with Crippen molar-refractivity contribution in [2.75, 3.05) is 45.5 Å².